The zero-order valence-electron chi connectivity index (χ0n) is 16.9. The maximum atomic E-state index is 9.97. The van der Waals surface area contributed by atoms with Gasteiger partial charge in [-0.3, -0.25) is 0 Å². The van der Waals surface area contributed by atoms with E-state index in [2.05, 4.69) is 23.8 Å². The van der Waals surface area contributed by atoms with E-state index in [-0.39, 0.29) is 18.0 Å². The molecular formula is C23H23N5O2. The number of morpholine rings is 1. The molecule has 0 bridgehead atoms. The summed E-state index contributed by atoms with van der Waals surface area (Å²) in [7, 11) is 0. The highest BCUT2D eigenvalue weighted by atomic mass is 16.5. The molecule has 7 nitrogen and oxygen atoms in total. The minimum Gasteiger partial charge on any atom is -0.508 e. The zero-order valence-corrected chi connectivity index (χ0v) is 16.9. The zero-order chi connectivity index (χ0) is 20.7. The van der Waals surface area contributed by atoms with Crippen molar-refractivity contribution in [3.8, 4) is 22.8 Å². The summed E-state index contributed by atoms with van der Waals surface area (Å²) in [5.74, 6) is 1.57. The molecule has 30 heavy (non-hydrogen) atoms. The average molecular weight is 401 g/mol. The topological polar surface area (TPSA) is 76.3 Å². The van der Waals surface area contributed by atoms with Gasteiger partial charge < -0.3 is 14.7 Å². The van der Waals surface area contributed by atoms with Crippen LogP contribution >= 0.6 is 0 Å². The van der Waals surface area contributed by atoms with Crippen LogP contribution in [0.25, 0.3) is 28.1 Å². The Morgan fingerprint density at radius 1 is 0.967 bits per heavy atom. The van der Waals surface area contributed by atoms with Crippen molar-refractivity contribution in [3.05, 3.63) is 60.8 Å². The predicted octanol–water partition coefficient (Wildman–Crippen LogP) is 3.80. The van der Waals surface area contributed by atoms with E-state index >= 15 is 0 Å². The van der Waals surface area contributed by atoms with Crippen LogP contribution in [0.2, 0.25) is 0 Å². The van der Waals surface area contributed by atoms with E-state index in [4.69, 9.17) is 14.7 Å². The fourth-order valence-corrected chi connectivity index (χ4v) is 4.02. The van der Waals surface area contributed by atoms with E-state index in [9.17, 15) is 5.11 Å². The number of aromatic nitrogens is 4. The first-order chi connectivity index (χ1) is 14.6. The largest absolute Gasteiger partial charge is 0.508 e. The molecular weight excluding hydrogens is 378 g/mol. The van der Waals surface area contributed by atoms with E-state index in [1.807, 2.05) is 47.3 Å². The summed E-state index contributed by atoms with van der Waals surface area (Å²) < 4.78 is 7.75. The lowest BCUT2D eigenvalue weighted by Crippen LogP contribution is -2.46. The van der Waals surface area contributed by atoms with Gasteiger partial charge in [0.25, 0.3) is 0 Å². The van der Waals surface area contributed by atoms with E-state index in [1.165, 1.54) is 0 Å². The Bertz CT molecular complexity index is 1180. The van der Waals surface area contributed by atoms with Crippen LogP contribution in [0.15, 0.2) is 60.8 Å². The van der Waals surface area contributed by atoms with Gasteiger partial charge in [0.1, 0.15) is 11.6 Å². The van der Waals surface area contributed by atoms with Crippen LogP contribution in [0.5, 0.6) is 5.75 Å². The van der Waals surface area contributed by atoms with Crippen LogP contribution in [0, 0.1) is 0 Å². The van der Waals surface area contributed by atoms with Crippen molar-refractivity contribution in [1.82, 2.24) is 19.7 Å². The van der Waals surface area contributed by atoms with Crippen LogP contribution < -0.4 is 4.90 Å². The number of ether oxygens (including phenoxy) is 1. The van der Waals surface area contributed by atoms with Crippen LogP contribution in [-0.2, 0) is 4.74 Å². The molecule has 0 amide bonds. The molecule has 0 saturated carbocycles. The maximum Gasteiger partial charge on any atom is 0.169 e. The standard InChI is InChI=1S/C23H23N5O2/c1-15-13-27(14-16(2)30-15)22-20-12-24-28(18-8-4-3-5-9-18)23(20)26-21(25-22)17-7-6-10-19(29)11-17/h3-12,15-16,29H,13-14H2,1-2H3. The van der Waals surface area contributed by atoms with Gasteiger partial charge in [0, 0.05) is 18.7 Å². The normalized spacial score (nSPS) is 19.3. The van der Waals surface area contributed by atoms with Crippen molar-refractivity contribution >= 4 is 16.9 Å². The first kappa shape index (κ1) is 18.6. The third-order valence-corrected chi connectivity index (χ3v) is 5.23. The molecule has 7 heteroatoms. The molecule has 3 heterocycles. The number of nitrogens with zero attached hydrogens (tertiary/aromatic N) is 5. The summed E-state index contributed by atoms with van der Waals surface area (Å²) in [6, 6.07) is 17.0. The Morgan fingerprint density at radius 2 is 1.73 bits per heavy atom. The van der Waals surface area contributed by atoms with Gasteiger partial charge in [-0.05, 0) is 38.1 Å². The summed E-state index contributed by atoms with van der Waals surface area (Å²) in [5.41, 5.74) is 2.42. The smallest absolute Gasteiger partial charge is 0.169 e. The van der Waals surface area contributed by atoms with Gasteiger partial charge in [0.05, 0.1) is 29.5 Å². The third-order valence-electron chi connectivity index (χ3n) is 5.23. The van der Waals surface area contributed by atoms with Crippen molar-refractivity contribution in [2.75, 3.05) is 18.0 Å². The summed E-state index contributed by atoms with van der Waals surface area (Å²) in [4.78, 5) is 12.0. The van der Waals surface area contributed by atoms with Crippen LogP contribution in [0.3, 0.4) is 0 Å². The van der Waals surface area contributed by atoms with Crippen molar-refractivity contribution in [2.24, 2.45) is 0 Å². The highest BCUT2D eigenvalue weighted by Crippen LogP contribution is 2.31. The molecule has 2 aromatic carbocycles. The quantitative estimate of drug-likeness (QED) is 0.563. The Hall–Kier alpha value is -3.45. The molecule has 4 aromatic rings. The summed E-state index contributed by atoms with van der Waals surface area (Å²) in [5, 5.41) is 15.5. The van der Waals surface area contributed by atoms with Crippen molar-refractivity contribution in [1.29, 1.82) is 0 Å². The van der Waals surface area contributed by atoms with Gasteiger partial charge in [0.2, 0.25) is 0 Å². The van der Waals surface area contributed by atoms with Gasteiger partial charge in [-0.1, -0.05) is 30.3 Å². The molecule has 2 atom stereocenters. The second-order valence-corrected chi connectivity index (χ2v) is 7.71. The number of aromatic hydroxyl groups is 1. The molecule has 0 radical (unpaired) electrons. The monoisotopic (exact) mass is 401 g/mol. The second-order valence-electron chi connectivity index (χ2n) is 7.71. The number of phenolic OH excluding ortho intramolecular Hbond substituents is 1. The van der Waals surface area contributed by atoms with E-state index in [1.54, 1.807) is 18.2 Å². The molecule has 1 aliphatic rings. The first-order valence-corrected chi connectivity index (χ1v) is 10.1. The number of benzene rings is 2. The third kappa shape index (κ3) is 3.37. The molecule has 2 aromatic heterocycles. The minimum atomic E-state index is 0.104. The van der Waals surface area contributed by atoms with Gasteiger partial charge >= 0.3 is 0 Å². The van der Waals surface area contributed by atoms with Gasteiger partial charge in [-0.25, -0.2) is 14.6 Å². The van der Waals surface area contributed by atoms with Crippen molar-refractivity contribution in [2.45, 2.75) is 26.1 Å². The Morgan fingerprint density at radius 3 is 2.47 bits per heavy atom. The Labute approximate surface area is 174 Å². The second kappa shape index (κ2) is 7.42. The fraction of sp³-hybridized carbons (Fsp3) is 0.261. The number of hydrogen-bond acceptors (Lipinski definition) is 6. The number of para-hydroxylation sites is 1. The van der Waals surface area contributed by atoms with Crippen LogP contribution in [0.1, 0.15) is 13.8 Å². The van der Waals surface area contributed by atoms with E-state index in [0.29, 0.717) is 5.82 Å². The molecule has 152 valence electrons. The number of fused-ring (bicyclic) bond motifs is 1. The van der Waals surface area contributed by atoms with Gasteiger partial charge in [0.15, 0.2) is 11.5 Å². The number of anilines is 1. The van der Waals surface area contributed by atoms with Crippen molar-refractivity contribution in [3.63, 3.8) is 0 Å². The Kier molecular flexibility index (Phi) is 4.59. The minimum absolute atomic E-state index is 0.104. The lowest BCUT2D eigenvalue weighted by Gasteiger charge is -2.36. The van der Waals surface area contributed by atoms with Gasteiger partial charge in [-0.2, -0.15) is 5.10 Å². The van der Waals surface area contributed by atoms with Crippen LogP contribution in [0.4, 0.5) is 5.82 Å². The van der Waals surface area contributed by atoms with Gasteiger partial charge in [-0.15, -0.1) is 0 Å². The van der Waals surface area contributed by atoms with Crippen molar-refractivity contribution < 1.29 is 9.84 Å². The number of hydrogen-bond donors (Lipinski definition) is 1. The lowest BCUT2D eigenvalue weighted by atomic mass is 10.2. The summed E-state index contributed by atoms with van der Waals surface area (Å²) in [6.45, 7) is 5.63. The fourth-order valence-electron chi connectivity index (χ4n) is 4.02. The number of phenols is 1. The molecule has 2 unspecified atom stereocenters. The Balaban J connectivity index is 1.73. The van der Waals surface area contributed by atoms with E-state index < -0.39 is 0 Å². The molecule has 0 aliphatic carbocycles. The highest BCUT2D eigenvalue weighted by molar-refractivity contribution is 5.89. The molecule has 5 rings (SSSR count). The first-order valence-electron chi connectivity index (χ1n) is 10.1. The summed E-state index contributed by atoms with van der Waals surface area (Å²) >= 11 is 0. The molecule has 1 aliphatic heterocycles. The molecule has 1 N–H and O–H groups in total. The average Bonchev–Trinajstić information content (AvgIpc) is 3.17. The highest BCUT2D eigenvalue weighted by Gasteiger charge is 2.26. The van der Waals surface area contributed by atoms with Crippen LogP contribution in [-0.4, -0.2) is 50.2 Å². The predicted molar refractivity (Wildman–Crippen MR) is 116 cm³/mol. The van der Waals surface area contributed by atoms with E-state index in [0.717, 1.165) is 41.2 Å². The number of rotatable bonds is 3. The maximum absolute atomic E-state index is 9.97. The summed E-state index contributed by atoms with van der Waals surface area (Å²) in [6.07, 6.45) is 2.04. The lowest BCUT2D eigenvalue weighted by molar-refractivity contribution is -0.00536. The molecule has 1 fully saturated rings. The molecule has 0 spiro atoms. The SMILES string of the molecule is CC1CN(c2nc(-c3cccc(O)c3)nc3c2cnn3-c2ccccc2)CC(C)O1. The molecule has 1 saturated heterocycles.